The van der Waals surface area contributed by atoms with Crippen LogP contribution in [0.4, 0.5) is 5.69 Å². The summed E-state index contributed by atoms with van der Waals surface area (Å²) >= 11 is 0. The molecule has 19 heavy (non-hydrogen) atoms. The Morgan fingerprint density at radius 1 is 1.11 bits per heavy atom. The van der Waals surface area contributed by atoms with Crippen molar-refractivity contribution in [1.29, 1.82) is 0 Å². The zero-order valence-electron chi connectivity index (χ0n) is 12.0. The normalized spacial score (nSPS) is 16.6. The Labute approximate surface area is 116 Å². The fraction of sp³-hybridized carbons (Fsp3) is 0.562. The third-order valence-electron chi connectivity index (χ3n) is 4.10. The molecule has 0 aromatic heterocycles. The molecule has 3 heteroatoms. The molecule has 3 nitrogen and oxygen atoms in total. The monoisotopic (exact) mass is 260 g/mol. The molecule has 0 N–H and O–H groups in total. The summed E-state index contributed by atoms with van der Waals surface area (Å²) < 4.78 is 0. The Bertz CT molecular complexity index is 398. The first-order valence-electron chi connectivity index (χ1n) is 7.20. The van der Waals surface area contributed by atoms with Crippen LogP contribution in [0.5, 0.6) is 0 Å². The maximum absolute atomic E-state index is 12.3. The highest BCUT2D eigenvalue weighted by molar-refractivity contribution is 5.94. The lowest BCUT2D eigenvalue weighted by molar-refractivity contribution is -0.119. The lowest BCUT2D eigenvalue weighted by Crippen LogP contribution is -2.42. The van der Waals surface area contributed by atoms with E-state index in [2.05, 4.69) is 11.9 Å². The van der Waals surface area contributed by atoms with Crippen LogP contribution >= 0.6 is 0 Å². The highest BCUT2D eigenvalue weighted by Gasteiger charge is 2.21. The van der Waals surface area contributed by atoms with Crippen LogP contribution in [-0.2, 0) is 4.79 Å². The minimum absolute atomic E-state index is 0.166. The SMILES string of the molecule is CN(C(=O)CN(C)C1CCCCC1)c1ccccc1. The van der Waals surface area contributed by atoms with Crippen molar-refractivity contribution in [3.63, 3.8) is 0 Å². The van der Waals surface area contributed by atoms with Gasteiger partial charge in [-0.2, -0.15) is 0 Å². The highest BCUT2D eigenvalue weighted by Crippen LogP contribution is 2.21. The number of hydrogen-bond acceptors (Lipinski definition) is 2. The molecule has 1 aliphatic carbocycles. The average Bonchev–Trinajstić information content (AvgIpc) is 2.48. The number of likely N-dealkylation sites (N-methyl/N-ethyl adjacent to an activating group) is 2. The van der Waals surface area contributed by atoms with Crippen LogP contribution in [0.1, 0.15) is 32.1 Å². The van der Waals surface area contributed by atoms with E-state index in [4.69, 9.17) is 0 Å². The number of rotatable bonds is 4. The van der Waals surface area contributed by atoms with Crippen LogP contribution in [0, 0.1) is 0 Å². The maximum atomic E-state index is 12.3. The van der Waals surface area contributed by atoms with Crippen LogP contribution in [0.3, 0.4) is 0 Å². The second-order valence-electron chi connectivity index (χ2n) is 5.50. The smallest absolute Gasteiger partial charge is 0.240 e. The van der Waals surface area contributed by atoms with Crippen molar-refractivity contribution in [2.45, 2.75) is 38.1 Å². The molecule has 0 atom stereocenters. The van der Waals surface area contributed by atoms with Gasteiger partial charge in [-0.1, -0.05) is 37.5 Å². The zero-order chi connectivity index (χ0) is 13.7. The number of nitrogens with zero attached hydrogens (tertiary/aromatic N) is 2. The molecule has 104 valence electrons. The summed E-state index contributed by atoms with van der Waals surface area (Å²) in [6.45, 7) is 0.510. The standard InChI is InChI=1S/C16H24N2O/c1-17(14-9-5-3-6-10-14)13-16(19)18(2)15-11-7-4-8-12-15/h4,7-8,11-12,14H,3,5-6,9-10,13H2,1-2H3. The largest absolute Gasteiger partial charge is 0.314 e. The van der Waals surface area contributed by atoms with Crippen molar-refractivity contribution in [3.8, 4) is 0 Å². The van der Waals surface area contributed by atoms with Gasteiger partial charge in [0.25, 0.3) is 0 Å². The van der Waals surface area contributed by atoms with E-state index in [1.807, 2.05) is 37.4 Å². The minimum Gasteiger partial charge on any atom is -0.314 e. The van der Waals surface area contributed by atoms with Gasteiger partial charge in [-0.15, -0.1) is 0 Å². The molecule has 1 aromatic carbocycles. The van der Waals surface area contributed by atoms with Crippen molar-refractivity contribution in [1.82, 2.24) is 4.90 Å². The fourth-order valence-electron chi connectivity index (χ4n) is 2.77. The predicted octanol–water partition coefficient (Wildman–Crippen LogP) is 2.91. The predicted molar refractivity (Wildman–Crippen MR) is 79.4 cm³/mol. The molecule has 2 rings (SSSR count). The molecule has 1 fully saturated rings. The van der Waals surface area contributed by atoms with Gasteiger partial charge in [0.1, 0.15) is 0 Å². The molecule has 1 saturated carbocycles. The van der Waals surface area contributed by atoms with Crippen LogP contribution < -0.4 is 4.90 Å². The molecular weight excluding hydrogens is 236 g/mol. The zero-order valence-corrected chi connectivity index (χ0v) is 12.0. The molecule has 0 aliphatic heterocycles. The number of para-hydroxylation sites is 1. The molecule has 1 aliphatic rings. The van der Waals surface area contributed by atoms with Crippen molar-refractivity contribution in [3.05, 3.63) is 30.3 Å². The third-order valence-corrected chi connectivity index (χ3v) is 4.10. The number of carbonyl (C=O) groups is 1. The van der Waals surface area contributed by atoms with Gasteiger partial charge in [0.15, 0.2) is 0 Å². The molecule has 1 amide bonds. The molecule has 0 saturated heterocycles. The van der Waals surface area contributed by atoms with Crippen LogP contribution in [0.25, 0.3) is 0 Å². The van der Waals surface area contributed by atoms with Crippen LogP contribution in [0.15, 0.2) is 30.3 Å². The highest BCUT2D eigenvalue weighted by atomic mass is 16.2. The van der Waals surface area contributed by atoms with Gasteiger partial charge in [0.2, 0.25) is 5.91 Å². The van der Waals surface area contributed by atoms with E-state index in [1.165, 1.54) is 32.1 Å². The molecule has 0 bridgehead atoms. The van der Waals surface area contributed by atoms with E-state index < -0.39 is 0 Å². The number of anilines is 1. The summed E-state index contributed by atoms with van der Waals surface area (Å²) in [4.78, 5) is 16.3. The average molecular weight is 260 g/mol. The summed E-state index contributed by atoms with van der Waals surface area (Å²) in [6.07, 6.45) is 6.43. The quantitative estimate of drug-likeness (QED) is 0.831. The van der Waals surface area contributed by atoms with Gasteiger partial charge in [0.05, 0.1) is 6.54 Å². The molecule has 0 radical (unpaired) electrons. The summed E-state index contributed by atoms with van der Waals surface area (Å²) in [6, 6.07) is 10.4. The van der Waals surface area contributed by atoms with Gasteiger partial charge in [-0.25, -0.2) is 0 Å². The molecule has 0 spiro atoms. The molecule has 1 aromatic rings. The van der Waals surface area contributed by atoms with E-state index in [-0.39, 0.29) is 5.91 Å². The summed E-state index contributed by atoms with van der Waals surface area (Å²) in [7, 11) is 3.93. The Kier molecular flexibility index (Phi) is 4.97. The topological polar surface area (TPSA) is 23.6 Å². The van der Waals surface area contributed by atoms with Gasteiger partial charge >= 0.3 is 0 Å². The maximum Gasteiger partial charge on any atom is 0.240 e. The van der Waals surface area contributed by atoms with E-state index >= 15 is 0 Å². The first-order chi connectivity index (χ1) is 9.18. The van der Waals surface area contributed by atoms with Crippen molar-refractivity contribution in [2.24, 2.45) is 0 Å². The van der Waals surface area contributed by atoms with Gasteiger partial charge in [0, 0.05) is 18.8 Å². The number of benzene rings is 1. The summed E-state index contributed by atoms with van der Waals surface area (Å²) in [5.74, 6) is 0.166. The van der Waals surface area contributed by atoms with Gasteiger partial charge < -0.3 is 4.90 Å². The van der Waals surface area contributed by atoms with Crippen LogP contribution in [-0.4, -0.2) is 37.5 Å². The minimum atomic E-state index is 0.166. The Balaban J connectivity index is 1.89. The summed E-state index contributed by atoms with van der Waals surface area (Å²) in [5, 5.41) is 0. The molecule has 0 heterocycles. The van der Waals surface area contributed by atoms with E-state index in [1.54, 1.807) is 4.90 Å². The van der Waals surface area contributed by atoms with Crippen molar-refractivity contribution in [2.75, 3.05) is 25.5 Å². The first kappa shape index (κ1) is 14.1. The van der Waals surface area contributed by atoms with Gasteiger partial charge in [-0.3, -0.25) is 9.69 Å². The van der Waals surface area contributed by atoms with E-state index in [0.717, 1.165) is 5.69 Å². The Hall–Kier alpha value is -1.35. The Morgan fingerprint density at radius 2 is 1.74 bits per heavy atom. The second kappa shape index (κ2) is 6.71. The molecular formula is C16H24N2O. The van der Waals surface area contributed by atoms with Crippen LogP contribution in [0.2, 0.25) is 0 Å². The Morgan fingerprint density at radius 3 is 2.37 bits per heavy atom. The van der Waals surface area contributed by atoms with Crippen molar-refractivity contribution >= 4 is 11.6 Å². The lowest BCUT2D eigenvalue weighted by atomic mass is 9.94. The lowest BCUT2D eigenvalue weighted by Gasteiger charge is -2.31. The number of hydrogen-bond donors (Lipinski definition) is 0. The second-order valence-corrected chi connectivity index (χ2v) is 5.50. The van der Waals surface area contributed by atoms with E-state index in [0.29, 0.717) is 12.6 Å². The third kappa shape index (κ3) is 3.80. The van der Waals surface area contributed by atoms with E-state index in [9.17, 15) is 4.79 Å². The van der Waals surface area contributed by atoms with Crippen molar-refractivity contribution < 1.29 is 4.79 Å². The first-order valence-corrected chi connectivity index (χ1v) is 7.20. The number of carbonyl (C=O) groups excluding carboxylic acids is 1. The summed E-state index contributed by atoms with van der Waals surface area (Å²) in [5.41, 5.74) is 0.963. The molecule has 0 unspecified atom stereocenters. The fourth-order valence-corrected chi connectivity index (χ4v) is 2.77. The van der Waals surface area contributed by atoms with Gasteiger partial charge in [-0.05, 0) is 32.0 Å². The number of amides is 1.